The van der Waals surface area contributed by atoms with Crippen molar-refractivity contribution in [2.24, 2.45) is 0 Å². The summed E-state index contributed by atoms with van der Waals surface area (Å²) in [5.41, 5.74) is 1.29. The normalized spacial score (nSPS) is 21.2. The Kier molecular flexibility index (Phi) is 5.85. The van der Waals surface area contributed by atoms with Crippen molar-refractivity contribution in [1.29, 1.82) is 0 Å². The fourth-order valence-electron chi connectivity index (χ4n) is 2.70. The molecule has 0 spiro atoms. The van der Waals surface area contributed by atoms with Crippen LogP contribution in [0.2, 0.25) is 0 Å². The van der Waals surface area contributed by atoms with Gasteiger partial charge in [0.1, 0.15) is 0 Å². The van der Waals surface area contributed by atoms with Crippen molar-refractivity contribution in [3.63, 3.8) is 0 Å². The van der Waals surface area contributed by atoms with Crippen molar-refractivity contribution in [3.05, 3.63) is 10.6 Å². The van der Waals surface area contributed by atoms with Crippen LogP contribution < -0.4 is 10.2 Å². The first-order valence-electron chi connectivity index (χ1n) is 8.14. The van der Waals surface area contributed by atoms with Gasteiger partial charge in [-0.15, -0.1) is 11.3 Å². The highest BCUT2D eigenvalue weighted by atomic mass is 32.1. The Hall–Kier alpha value is -0.610. The van der Waals surface area contributed by atoms with Crippen molar-refractivity contribution in [2.45, 2.75) is 78.4 Å². The zero-order valence-corrected chi connectivity index (χ0v) is 14.2. The van der Waals surface area contributed by atoms with Gasteiger partial charge < -0.3 is 10.2 Å². The van der Waals surface area contributed by atoms with Crippen LogP contribution in [0, 0.1) is 0 Å². The average molecular weight is 295 g/mol. The molecule has 1 N–H and O–H groups in total. The van der Waals surface area contributed by atoms with Gasteiger partial charge >= 0.3 is 0 Å². The highest BCUT2D eigenvalue weighted by molar-refractivity contribution is 7.15. The van der Waals surface area contributed by atoms with Crippen LogP contribution in [0.4, 0.5) is 5.13 Å². The highest BCUT2D eigenvalue weighted by Crippen LogP contribution is 2.31. The van der Waals surface area contributed by atoms with Crippen LogP contribution >= 0.6 is 11.3 Å². The third-order valence-electron chi connectivity index (χ3n) is 4.37. The lowest BCUT2D eigenvalue weighted by molar-refractivity contribution is 0.484. The molecule has 0 radical (unpaired) electrons. The van der Waals surface area contributed by atoms with Crippen LogP contribution in [0.1, 0.15) is 63.9 Å². The summed E-state index contributed by atoms with van der Waals surface area (Å²) in [5.74, 6) is 0. The van der Waals surface area contributed by atoms with Gasteiger partial charge in [-0.25, -0.2) is 4.98 Å². The molecule has 1 aliphatic heterocycles. The molecular weight excluding hydrogens is 266 g/mol. The summed E-state index contributed by atoms with van der Waals surface area (Å²) in [4.78, 5) is 8.86. The SMILES string of the molecule is CCc1nc(N2CCCCC2C)sc1CNC(C)CC. The van der Waals surface area contributed by atoms with E-state index < -0.39 is 0 Å². The first kappa shape index (κ1) is 15.8. The van der Waals surface area contributed by atoms with E-state index in [1.54, 1.807) is 0 Å². The highest BCUT2D eigenvalue weighted by Gasteiger charge is 2.22. The number of nitrogens with zero attached hydrogens (tertiary/aromatic N) is 2. The van der Waals surface area contributed by atoms with Crippen LogP contribution in [0.5, 0.6) is 0 Å². The third kappa shape index (κ3) is 3.73. The largest absolute Gasteiger partial charge is 0.345 e. The molecule has 1 aliphatic rings. The molecule has 2 heterocycles. The van der Waals surface area contributed by atoms with Crippen LogP contribution in [0.15, 0.2) is 0 Å². The summed E-state index contributed by atoms with van der Waals surface area (Å²) in [6.07, 6.45) is 6.20. The number of aromatic nitrogens is 1. The molecule has 2 atom stereocenters. The fraction of sp³-hybridized carbons (Fsp3) is 0.812. The predicted octanol–water partition coefficient (Wildman–Crippen LogP) is 3.97. The summed E-state index contributed by atoms with van der Waals surface area (Å²) < 4.78 is 0. The molecule has 114 valence electrons. The zero-order chi connectivity index (χ0) is 14.5. The number of rotatable bonds is 6. The molecule has 1 aromatic rings. The number of nitrogens with one attached hydrogen (secondary N) is 1. The minimum absolute atomic E-state index is 0.583. The van der Waals surface area contributed by atoms with Crippen LogP contribution in [-0.4, -0.2) is 23.6 Å². The molecule has 4 heteroatoms. The molecular formula is C16H29N3S. The van der Waals surface area contributed by atoms with E-state index in [9.17, 15) is 0 Å². The molecule has 0 bridgehead atoms. The number of thiazole rings is 1. The number of aryl methyl sites for hydroxylation is 1. The van der Waals surface area contributed by atoms with Crippen molar-refractivity contribution in [3.8, 4) is 0 Å². The Morgan fingerprint density at radius 3 is 2.85 bits per heavy atom. The zero-order valence-electron chi connectivity index (χ0n) is 13.4. The van der Waals surface area contributed by atoms with Crippen LogP contribution in [-0.2, 0) is 13.0 Å². The summed E-state index contributed by atoms with van der Waals surface area (Å²) in [6.45, 7) is 11.2. The van der Waals surface area contributed by atoms with Gasteiger partial charge in [0.25, 0.3) is 0 Å². The molecule has 2 unspecified atom stereocenters. The van der Waals surface area contributed by atoms with E-state index >= 15 is 0 Å². The van der Waals surface area contributed by atoms with E-state index in [0.29, 0.717) is 12.1 Å². The van der Waals surface area contributed by atoms with Gasteiger partial charge in [0.05, 0.1) is 5.69 Å². The third-order valence-corrected chi connectivity index (χ3v) is 5.51. The monoisotopic (exact) mass is 295 g/mol. The maximum absolute atomic E-state index is 4.91. The second-order valence-electron chi connectivity index (χ2n) is 5.95. The van der Waals surface area contributed by atoms with Gasteiger partial charge in [-0.05, 0) is 46.0 Å². The van der Waals surface area contributed by atoms with E-state index in [4.69, 9.17) is 4.98 Å². The Morgan fingerprint density at radius 1 is 1.40 bits per heavy atom. The Bertz CT molecular complexity index is 416. The summed E-state index contributed by atoms with van der Waals surface area (Å²) in [7, 11) is 0. The predicted molar refractivity (Wildman–Crippen MR) is 88.7 cm³/mol. The molecule has 1 saturated heterocycles. The number of anilines is 1. The van der Waals surface area contributed by atoms with Crippen LogP contribution in [0.3, 0.4) is 0 Å². The molecule has 2 rings (SSSR count). The minimum atomic E-state index is 0.583. The van der Waals surface area contributed by atoms with Crippen molar-refractivity contribution < 1.29 is 0 Å². The number of piperidine rings is 1. The molecule has 20 heavy (non-hydrogen) atoms. The molecule has 1 fully saturated rings. The van der Waals surface area contributed by atoms with Gasteiger partial charge in [-0.1, -0.05) is 13.8 Å². The lowest BCUT2D eigenvalue weighted by atomic mass is 10.1. The van der Waals surface area contributed by atoms with Crippen molar-refractivity contribution in [2.75, 3.05) is 11.4 Å². The van der Waals surface area contributed by atoms with Gasteiger partial charge in [0, 0.05) is 30.1 Å². The average Bonchev–Trinajstić information content (AvgIpc) is 2.88. The molecule has 1 aromatic heterocycles. The fourth-order valence-corrected chi connectivity index (χ4v) is 3.93. The van der Waals surface area contributed by atoms with E-state index in [1.165, 1.54) is 47.9 Å². The lowest BCUT2D eigenvalue weighted by Crippen LogP contribution is -2.37. The maximum atomic E-state index is 4.91. The second kappa shape index (κ2) is 7.41. The summed E-state index contributed by atoms with van der Waals surface area (Å²) in [6, 6.07) is 1.23. The summed E-state index contributed by atoms with van der Waals surface area (Å²) in [5, 5.41) is 4.85. The smallest absolute Gasteiger partial charge is 0.186 e. The van der Waals surface area contributed by atoms with E-state index in [2.05, 4.69) is 37.9 Å². The molecule has 0 amide bonds. The van der Waals surface area contributed by atoms with Gasteiger partial charge in [-0.2, -0.15) is 0 Å². The standard InChI is InChI=1S/C16H29N3S/c1-5-12(3)17-11-15-14(6-2)18-16(20-15)19-10-8-7-9-13(19)4/h12-13,17H,5-11H2,1-4H3. The first-order valence-corrected chi connectivity index (χ1v) is 8.95. The second-order valence-corrected chi connectivity index (χ2v) is 7.01. The van der Waals surface area contributed by atoms with E-state index in [0.717, 1.165) is 13.0 Å². The first-order chi connectivity index (χ1) is 9.65. The van der Waals surface area contributed by atoms with E-state index in [1.807, 2.05) is 11.3 Å². The lowest BCUT2D eigenvalue weighted by Gasteiger charge is -2.33. The molecule has 0 saturated carbocycles. The summed E-state index contributed by atoms with van der Waals surface area (Å²) >= 11 is 1.90. The van der Waals surface area contributed by atoms with Crippen LogP contribution in [0.25, 0.3) is 0 Å². The quantitative estimate of drug-likeness (QED) is 0.860. The minimum Gasteiger partial charge on any atom is -0.345 e. The van der Waals surface area contributed by atoms with Crippen molar-refractivity contribution in [1.82, 2.24) is 10.3 Å². The topological polar surface area (TPSA) is 28.2 Å². The molecule has 0 aromatic carbocycles. The van der Waals surface area contributed by atoms with Gasteiger partial charge in [-0.3, -0.25) is 0 Å². The Labute approximate surface area is 127 Å². The van der Waals surface area contributed by atoms with E-state index in [-0.39, 0.29) is 0 Å². The Morgan fingerprint density at radius 2 is 2.20 bits per heavy atom. The maximum Gasteiger partial charge on any atom is 0.186 e. The number of hydrogen-bond acceptors (Lipinski definition) is 4. The number of hydrogen-bond donors (Lipinski definition) is 1. The van der Waals surface area contributed by atoms with Crippen molar-refractivity contribution >= 4 is 16.5 Å². The van der Waals surface area contributed by atoms with Gasteiger partial charge in [0.2, 0.25) is 0 Å². The molecule has 3 nitrogen and oxygen atoms in total. The Balaban J connectivity index is 2.09. The van der Waals surface area contributed by atoms with Gasteiger partial charge in [0.15, 0.2) is 5.13 Å². The molecule has 0 aliphatic carbocycles.